The van der Waals surface area contributed by atoms with Gasteiger partial charge in [0.2, 0.25) is 0 Å². The molecule has 7 nitrogen and oxygen atoms in total. The minimum Gasteiger partial charge on any atom is -0.450 e. The highest BCUT2D eigenvalue weighted by molar-refractivity contribution is 7.92. The number of hydrogen-bond acceptors (Lipinski definition) is 5. The van der Waals surface area contributed by atoms with Gasteiger partial charge in [-0.1, -0.05) is 30.3 Å². The number of para-hydroxylation sites is 2. The van der Waals surface area contributed by atoms with Gasteiger partial charge in [-0.05, 0) is 55.0 Å². The first-order valence-electron chi connectivity index (χ1n) is 9.76. The van der Waals surface area contributed by atoms with Crippen molar-refractivity contribution in [3.05, 3.63) is 100 Å². The minimum atomic E-state index is -3.76. The average molecular weight is 449 g/mol. The van der Waals surface area contributed by atoms with Crippen molar-refractivity contribution in [2.24, 2.45) is 0 Å². The van der Waals surface area contributed by atoms with Gasteiger partial charge < -0.3 is 9.73 Å². The predicted molar refractivity (Wildman–Crippen MR) is 124 cm³/mol. The molecular formula is C24H20N2O5S. The van der Waals surface area contributed by atoms with Crippen LogP contribution in [0.25, 0.3) is 11.0 Å². The van der Waals surface area contributed by atoms with Gasteiger partial charge in [-0.15, -0.1) is 0 Å². The predicted octanol–water partition coefficient (Wildman–Crippen LogP) is 4.18. The van der Waals surface area contributed by atoms with E-state index in [4.69, 9.17) is 4.42 Å². The number of fused-ring (bicyclic) bond motifs is 1. The molecule has 0 bridgehead atoms. The second kappa shape index (κ2) is 8.32. The summed E-state index contributed by atoms with van der Waals surface area (Å²) in [5, 5.41) is 3.03. The van der Waals surface area contributed by atoms with E-state index >= 15 is 0 Å². The largest absolute Gasteiger partial charge is 0.450 e. The molecule has 1 aromatic heterocycles. The second-order valence-corrected chi connectivity index (χ2v) is 9.18. The Morgan fingerprint density at radius 1 is 0.938 bits per heavy atom. The number of nitrogens with zero attached hydrogens (tertiary/aromatic N) is 1. The number of rotatable bonds is 5. The van der Waals surface area contributed by atoms with Crippen LogP contribution in [0.1, 0.15) is 16.1 Å². The summed E-state index contributed by atoms with van der Waals surface area (Å²) in [6, 6.07) is 20.8. The molecule has 0 saturated carbocycles. The summed E-state index contributed by atoms with van der Waals surface area (Å²) in [6.45, 7) is 1.79. The van der Waals surface area contributed by atoms with E-state index in [1.165, 1.54) is 35.6 Å². The summed E-state index contributed by atoms with van der Waals surface area (Å²) in [5.74, 6) is -0.735. The molecular weight excluding hydrogens is 428 g/mol. The number of sulfonamides is 1. The van der Waals surface area contributed by atoms with Crippen LogP contribution in [0.3, 0.4) is 0 Å². The van der Waals surface area contributed by atoms with Crippen molar-refractivity contribution in [2.45, 2.75) is 11.8 Å². The van der Waals surface area contributed by atoms with E-state index in [0.717, 1.165) is 11.6 Å². The molecule has 0 aliphatic carbocycles. The quantitative estimate of drug-likeness (QED) is 0.494. The van der Waals surface area contributed by atoms with Crippen LogP contribution < -0.4 is 15.1 Å². The van der Waals surface area contributed by atoms with Gasteiger partial charge in [0.05, 0.1) is 16.0 Å². The fraction of sp³-hybridized carbons (Fsp3) is 0.0833. The smallest absolute Gasteiger partial charge is 0.291 e. The van der Waals surface area contributed by atoms with Gasteiger partial charge in [-0.25, -0.2) is 8.42 Å². The molecule has 8 heteroatoms. The molecule has 1 N–H and O–H groups in total. The third-order valence-corrected chi connectivity index (χ3v) is 6.87. The van der Waals surface area contributed by atoms with Crippen LogP contribution in [0, 0.1) is 6.92 Å². The maximum Gasteiger partial charge on any atom is 0.291 e. The fourth-order valence-electron chi connectivity index (χ4n) is 3.27. The molecule has 0 saturated heterocycles. The van der Waals surface area contributed by atoms with Crippen molar-refractivity contribution in [3.63, 3.8) is 0 Å². The molecule has 4 aromatic rings. The molecule has 0 aliphatic rings. The zero-order valence-electron chi connectivity index (χ0n) is 17.4. The summed E-state index contributed by atoms with van der Waals surface area (Å²) < 4.78 is 32.6. The lowest BCUT2D eigenvalue weighted by molar-refractivity contribution is 0.0997. The van der Waals surface area contributed by atoms with Crippen molar-refractivity contribution in [1.29, 1.82) is 0 Å². The standard InChI is InChI=1S/C24H20N2O5S/c1-16-7-6-10-20-21(27)15-22(31-23(16)20)24(28)25-17-11-13-19(14-12-17)32(29,30)26(2)18-8-4-3-5-9-18/h3-15H,1-2H3,(H,25,28). The van der Waals surface area contributed by atoms with Crippen LogP contribution in [0.2, 0.25) is 0 Å². The van der Waals surface area contributed by atoms with Crippen LogP contribution in [-0.4, -0.2) is 21.4 Å². The van der Waals surface area contributed by atoms with E-state index in [2.05, 4.69) is 5.32 Å². The first-order chi connectivity index (χ1) is 15.3. The lowest BCUT2D eigenvalue weighted by Crippen LogP contribution is -2.26. The van der Waals surface area contributed by atoms with Crippen LogP contribution in [-0.2, 0) is 10.0 Å². The van der Waals surface area contributed by atoms with Crippen molar-refractivity contribution < 1.29 is 17.6 Å². The summed E-state index contributed by atoms with van der Waals surface area (Å²) in [7, 11) is -2.29. The Morgan fingerprint density at radius 2 is 1.62 bits per heavy atom. The van der Waals surface area contributed by atoms with Gasteiger partial charge in [-0.2, -0.15) is 0 Å². The van der Waals surface area contributed by atoms with E-state index in [1.807, 2.05) is 0 Å². The second-order valence-electron chi connectivity index (χ2n) is 7.21. The molecule has 0 unspecified atom stereocenters. The van der Waals surface area contributed by atoms with Crippen molar-refractivity contribution >= 4 is 38.3 Å². The molecule has 32 heavy (non-hydrogen) atoms. The van der Waals surface area contributed by atoms with Crippen LogP contribution in [0.4, 0.5) is 11.4 Å². The van der Waals surface area contributed by atoms with Gasteiger partial charge in [0.25, 0.3) is 15.9 Å². The summed E-state index contributed by atoms with van der Waals surface area (Å²) in [4.78, 5) is 25.0. The van der Waals surface area contributed by atoms with E-state index < -0.39 is 15.9 Å². The van der Waals surface area contributed by atoms with Crippen LogP contribution in [0.5, 0.6) is 0 Å². The first-order valence-corrected chi connectivity index (χ1v) is 11.2. The van der Waals surface area contributed by atoms with Gasteiger partial charge >= 0.3 is 0 Å². The summed E-state index contributed by atoms with van der Waals surface area (Å²) >= 11 is 0. The van der Waals surface area contributed by atoms with Gasteiger partial charge in [0, 0.05) is 18.8 Å². The Hall–Kier alpha value is -3.91. The van der Waals surface area contributed by atoms with Gasteiger partial charge in [0.1, 0.15) is 5.58 Å². The molecule has 0 aliphatic heterocycles. The number of carbonyl (C=O) groups is 1. The van der Waals surface area contributed by atoms with Gasteiger partial charge in [0.15, 0.2) is 11.2 Å². The molecule has 3 aromatic carbocycles. The Labute approximate surface area is 185 Å². The highest BCUT2D eigenvalue weighted by atomic mass is 32.2. The number of anilines is 2. The maximum atomic E-state index is 12.9. The number of nitrogens with one attached hydrogen (secondary N) is 1. The van der Waals surface area contributed by atoms with Crippen LogP contribution in [0.15, 0.2) is 93.0 Å². The zero-order valence-corrected chi connectivity index (χ0v) is 18.2. The topological polar surface area (TPSA) is 96.7 Å². The Balaban J connectivity index is 1.57. The molecule has 0 fully saturated rings. The number of amides is 1. The number of aryl methyl sites for hydroxylation is 1. The number of benzene rings is 3. The first kappa shape index (κ1) is 21.3. The Bertz CT molecular complexity index is 1460. The molecule has 0 spiro atoms. The lowest BCUT2D eigenvalue weighted by Gasteiger charge is -2.19. The Kier molecular flexibility index (Phi) is 5.54. The molecule has 1 amide bonds. The highest BCUT2D eigenvalue weighted by Gasteiger charge is 2.21. The summed E-state index contributed by atoms with van der Waals surface area (Å²) in [5.41, 5.74) is 1.68. The lowest BCUT2D eigenvalue weighted by atomic mass is 10.1. The number of hydrogen-bond donors (Lipinski definition) is 1. The van der Waals surface area contributed by atoms with Crippen molar-refractivity contribution in [1.82, 2.24) is 0 Å². The molecule has 1 heterocycles. The monoisotopic (exact) mass is 448 g/mol. The number of carbonyl (C=O) groups excluding carboxylic acids is 1. The molecule has 0 atom stereocenters. The molecule has 162 valence electrons. The van der Waals surface area contributed by atoms with Crippen molar-refractivity contribution in [2.75, 3.05) is 16.7 Å². The average Bonchev–Trinajstić information content (AvgIpc) is 2.80. The fourth-order valence-corrected chi connectivity index (χ4v) is 4.46. The zero-order chi connectivity index (χ0) is 22.9. The molecule has 4 rings (SSSR count). The molecule has 0 radical (unpaired) electrons. The normalized spacial score (nSPS) is 11.3. The van der Waals surface area contributed by atoms with Gasteiger partial charge in [-0.3, -0.25) is 13.9 Å². The van der Waals surface area contributed by atoms with E-state index in [0.29, 0.717) is 22.3 Å². The van der Waals surface area contributed by atoms with Crippen molar-refractivity contribution in [3.8, 4) is 0 Å². The summed E-state index contributed by atoms with van der Waals surface area (Å²) in [6.07, 6.45) is 0. The van der Waals surface area contributed by atoms with E-state index in [9.17, 15) is 18.0 Å². The van der Waals surface area contributed by atoms with E-state index in [1.54, 1.807) is 55.5 Å². The van der Waals surface area contributed by atoms with E-state index in [-0.39, 0.29) is 16.1 Å². The highest BCUT2D eigenvalue weighted by Crippen LogP contribution is 2.23. The maximum absolute atomic E-state index is 12.9. The minimum absolute atomic E-state index is 0.0784. The third-order valence-electron chi connectivity index (χ3n) is 5.07. The SMILES string of the molecule is Cc1cccc2c(=O)cc(C(=O)Nc3ccc(S(=O)(=O)N(C)c4ccccc4)cc3)oc12. The van der Waals surface area contributed by atoms with Crippen LogP contribution >= 0.6 is 0 Å². The third kappa shape index (κ3) is 4.00. The Morgan fingerprint density at radius 3 is 2.31 bits per heavy atom.